The maximum absolute atomic E-state index is 10.8. The van der Waals surface area contributed by atoms with Crippen LogP contribution in [-0.2, 0) is 0 Å². The minimum atomic E-state index is -0.999. The van der Waals surface area contributed by atoms with Crippen LogP contribution in [0.4, 0.5) is 11.4 Å². The van der Waals surface area contributed by atoms with Crippen molar-refractivity contribution in [3.8, 4) is 0 Å². The summed E-state index contributed by atoms with van der Waals surface area (Å²) in [6, 6.07) is 4.96. The molecule has 0 aromatic heterocycles. The van der Waals surface area contributed by atoms with Crippen molar-refractivity contribution >= 4 is 29.1 Å². The summed E-state index contributed by atoms with van der Waals surface area (Å²) in [5, 5.41) is 11.9. The van der Waals surface area contributed by atoms with Crippen molar-refractivity contribution in [2.45, 2.75) is 0 Å². The largest absolute Gasteiger partial charge is 0.478 e. The Morgan fingerprint density at radius 1 is 1.60 bits per heavy atom. The van der Waals surface area contributed by atoms with Gasteiger partial charge in [-0.3, -0.25) is 0 Å². The van der Waals surface area contributed by atoms with Gasteiger partial charge < -0.3 is 16.2 Å². The van der Waals surface area contributed by atoms with E-state index in [1.165, 1.54) is 6.07 Å². The van der Waals surface area contributed by atoms with Crippen LogP contribution < -0.4 is 11.1 Å². The summed E-state index contributed by atoms with van der Waals surface area (Å²) in [7, 11) is 0. The van der Waals surface area contributed by atoms with E-state index in [2.05, 4.69) is 5.32 Å². The Morgan fingerprint density at radius 2 is 2.33 bits per heavy atom. The van der Waals surface area contributed by atoms with Crippen LogP contribution in [0.3, 0.4) is 0 Å². The van der Waals surface area contributed by atoms with E-state index in [1.54, 1.807) is 23.9 Å². The lowest BCUT2D eigenvalue weighted by Crippen LogP contribution is -2.09. The summed E-state index contributed by atoms with van der Waals surface area (Å²) < 4.78 is 0. The van der Waals surface area contributed by atoms with Gasteiger partial charge in [-0.2, -0.15) is 11.8 Å². The molecule has 1 aromatic carbocycles. The highest BCUT2D eigenvalue weighted by atomic mass is 32.2. The van der Waals surface area contributed by atoms with E-state index >= 15 is 0 Å². The number of hydrogen-bond acceptors (Lipinski definition) is 4. The molecule has 1 rings (SSSR count). The van der Waals surface area contributed by atoms with Crippen molar-refractivity contribution < 1.29 is 9.90 Å². The minimum absolute atomic E-state index is 0.143. The molecular weight excluding hydrogens is 212 g/mol. The normalized spacial score (nSPS) is 9.93. The molecule has 0 saturated heterocycles. The predicted molar refractivity (Wildman–Crippen MR) is 64.7 cm³/mol. The number of nitrogen functional groups attached to an aromatic ring is 1. The van der Waals surface area contributed by atoms with E-state index in [9.17, 15) is 4.79 Å². The maximum atomic E-state index is 10.8. The molecule has 15 heavy (non-hydrogen) atoms. The fourth-order valence-corrected chi connectivity index (χ4v) is 1.50. The molecule has 0 fully saturated rings. The monoisotopic (exact) mass is 226 g/mol. The molecule has 5 heteroatoms. The molecule has 0 radical (unpaired) electrons. The summed E-state index contributed by atoms with van der Waals surface area (Å²) in [5.41, 5.74) is 6.84. The van der Waals surface area contributed by atoms with Crippen molar-refractivity contribution in [1.82, 2.24) is 0 Å². The minimum Gasteiger partial charge on any atom is -0.478 e. The molecule has 0 heterocycles. The standard InChI is InChI=1S/C10H14N2O2S/c1-15-6-5-12-8-4-2-3-7(9(8)11)10(13)14/h2-4,12H,5-6,11H2,1H3,(H,13,14). The highest BCUT2D eigenvalue weighted by Gasteiger charge is 2.10. The van der Waals surface area contributed by atoms with Crippen molar-refractivity contribution in [1.29, 1.82) is 0 Å². The fourth-order valence-electron chi connectivity index (χ4n) is 1.19. The van der Waals surface area contributed by atoms with Crippen LogP contribution in [0.15, 0.2) is 18.2 Å². The Labute approximate surface area is 92.9 Å². The molecule has 82 valence electrons. The van der Waals surface area contributed by atoms with E-state index in [0.29, 0.717) is 11.4 Å². The third kappa shape index (κ3) is 3.06. The molecule has 0 aliphatic rings. The zero-order valence-corrected chi connectivity index (χ0v) is 9.30. The van der Waals surface area contributed by atoms with Gasteiger partial charge in [0.15, 0.2) is 0 Å². The van der Waals surface area contributed by atoms with Crippen LogP contribution in [-0.4, -0.2) is 29.6 Å². The Balaban J connectivity index is 2.80. The molecule has 0 aliphatic heterocycles. The van der Waals surface area contributed by atoms with Gasteiger partial charge in [-0.15, -0.1) is 0 Å². The van der Waals surface area contributed by atoms with Gasteiger partial charge in [0.25, 0.3) is 0 Å². The van der Waals surface area contributed by atoms with E-state index in [0.717, 1.165) is 12.3 Å². The number of carboxylic acids is 1. The fraction of sp³-hybridized carbons (Fsp3) is 0.300. The van der Waals surface area contributed by atoms with Gasteiger partial charge >= 0.3 is 5.97 Å². The lowest BCUT2D eigenvalue weighted by molar-refractivity contribution is 0.0698. The highest BCUT2D eigenvalue weighted by Crippen LogP contribution is 2.22. The van der Waals surface area contributed by atoms with E-state index in [-0.39, 0.29) is 5.56 Å². The molecule has 0 bridgehead atoms. The van der Waals surface area contributed by atoms with Crippen LogP contribution in [0.2, 0.25) is 0 Å². The second-order valence-corrected chi connectivity index (χ2v) is 3.98. The first-order chi connectivity index (χ1) is 7.16. The van der Waals surface area contributed by atoms with Crippen LogP contribution in [0.1, 0.15) is 10.4 Å². The number of carboxylic acid groups (broad SMARTS) is 1. The van der Waals surface area contributed by atoms with Crippen LogP contribution in [0.5, 0.6) is 0 Å². The second kappa shape index (κ2) is 5.50. The number of nitrogens with one attached hydrogen (secondary N) is 1. The number of thioether (sulfide) groups is 1. The second-order valence-electron chi connectivity index (χ2n) is 2.99. The summed E-state index contributed by atoms with van der Waals surface area (Å²) in [4.78, 5) is 10.8. The molecule has 0 atom stereocenters. The van der Waals surface area contributed by atoms with Gasteiger partial charge in [-0.25, -0.2) is 4.79 Å². The van der Waals surface area contributed by atoms with E-state index in [1.807, 2.05) is 6.26 Å². The number of hydrogen-bond donors (Lipinski definition) is 3. The number of benzene rings is 1. The lowest BCUT2D eigenvalue weighted by Gasteiger charge is -2.10. The Hall–Kier alpha value is -1.36. The van der Waals surface area contributed by atoms with Crippen molar-refractivity contribution in [3.05, 3.63) is 23.8 Å². The average Bonchev–Trinajstić information content (AvgIpc) is 2.20. The molecule has 0 saturated carbocycles. The molecule has 0 unspecified atom stereocenters. The number of para-hydroxylation sites is 1. The van der Waals surface area contributed by atoms with Crippen LogP contribution in [0, 0.1) is 0 Å². The lowest BCUT2D eigenvalue weighted by atomic mass is 10.1. The SMILES string of the molecule is CSCCNc1cccc(C(=O)O)c1N. The number of carbonyl (C=O) groups is 1. The molecule has 1 aromatic rings. The topological polar surface area (TPSA) is 75.3 Å². The summed E-state index contributed by atoms with van der Waals surface area (Å²) in [6.07, 6.45) is 2.01. The zero-order valence-electron chi connectivity index (χ0n) is 8.49. The number of anilines is 2. The molecule has 4 N–H and O–H groups in total. The van der Waals surface area contributed by atoms with Gasteiger partial charge in [-0.05, 0) is 18.4 Å². The van der Waals surface area contributed by atoms with Gasteiger partial charge in [-0.1, -0.05) is 6.07 Å². The van der Waals surface area contributed by atoms with E-state index < -0.39 is 5.97 Å². The van der Waals surface area contributed by atoms with Crippen molar-refractivity contribution in [3.63, 3.8) is 0 Å². The third-order valence-corrected chi connectivity index (χ3v) is 2.57. The molecule has 0 amide bonds. The molecule has 0 spiro atoms. The Kier molecular flexibility index (Phi) is 4.30. The highest BCUT2D eigenvalue weighted by molar-refractivity contribution is 7.98. The first-order valence-electron chi connectivity index (χ1n) is 4.51. The van der Waals surface area contributed by atoms with Gasteiger partial charge in [0.05, 0.1) is 16.9 Å². The molecular formula is C10H14N2O2S. The molecule has 4 nitrogen and oxygen atoms in total. The number of nitrogens with two attached hydrogens (primary N) is 1. The van der Waals surface area contributed by atoms with Gasteiger partial charge in [0.2, 0.25) is 0 Å². The van der Waals surface area contributed by atoms with Crippen LogP contribution in [0.25, 0.3) is 0 Å². The van der Waals surface area contributed by atoms with Crippen molar-refractivity contribution in [2.75, 3.05) is 29.6 Å². The third-order valence-electron chi connectivity index (χ3n) is 1.96. The first kappa shape index (κ1) is 11.7. The Morgan fingerprint density at radius 3 is 2.93 bits per heavy atom. The summed E-state index contributed by atoms with van der Waals surface area (Å²) in [5.74, 6) is -0.0440. The van der Waals surface area contributed by atoms with Gasteiger partial charge in [0, 0.05) is 12.3 Å². The van der Waals surface area contributed by atoms with E-state index in [4.69, 9.17) is 10.8 Å². The maximum Gasteiger partial charge on any atom is 0.337 e. The average molecular weight is 226 g/mol. The number of aromatic carboxylic acids is 1. The van der Waals surface area contributed by atoms with Gasteiger partial charge in [0.1, 0.15) is 0 Å². The Bertz CT molecular complexity index is 355. The summed E-state index contributed by atoms with van der Waals surface area (Å²) in [6.45, 7) is 0.772. The predicted octanol–water partition coefficient (Wildman–Crippen LogP) is 1.74. The number of rotatable bonds is 5. The first-order valence-corrected chi connectivity index (χ1v) is 5.90. The van der Waals surface area contributed by atoms with Crippen LogP contribution >= 0.6 is 11.8 Å². The smallest absolute Gasteiger partial charge is 0.337 e. The van der Waals surface area contributed by atoms with Crippen molar-refractivity contribution in [2.24, 2.45) is 0 Å². The summed E-state index contributed by atoms with van der Waals surface area (Å²) >= 11 is 1.72. The zero-order chi connectivity index (χ0) is 11.3. The quantitative estimate of drug-likeness (QED) is 0.526. The molecule has 0 aliphatic carbocycles.